The Labute approximate surface area is 86.8 Å². The lowest BCUT2D eigenvalue weighted by Gasteiger charge is -2.24. The molecule has 0 amide bonds. The van der Waals surface area contributed by atoms with Crippen molar-refractivity contribution in [1.29, 1.82) is 0 Å². The van der Waals surface area contributed by atoms with E-state index >= 15 is 0 Å². The second-order valence-corrected chi connectivity index (χ2v) is 3.70. The lowest BCUT2D eigenvalue weighted by Crippen LogP contribution is -2.27. The quantitative estimate of drug-likeness (QED) is 0.758. The Kier molecular flexibility index (Phi) is 4.15. The van der Waals surface area contributed by atoms with Gasteiger partial charge in [-0.2, -0.15) is 0 Å². The van der Waals surface area contributed by atoms with E-state index in [2.05, 4.69) is 12.1 Å². The van der Waals surface area contributed by atoms with Gasteiger partial charge in [0.1, 0.15) is 0 Å². The van der Waals surface area contributed by atoms with Crippen LogP contribution in [0.2, 0.25) is 0 Å². The molecule has 0 heterocycles. The average molecular weight is 191 g/mol. The van der Waals surface area contributed by atoms with Crippen molar-refractivity contribution in [3.8, 4) is 0 Å². The molecule has 1 rings (SSSR count). The molecule has 0 aliphatic heterocycles. The third-order valence-corrected chi connectivity index (χ3v) is 2.79. The molecule has 0 atom stereocenters. The van der Waals surface area contributed by atoms with E-state index < -0.39 is 5.60 Å². The van der Waals surface area contributed by atoms with Crippen molar-refractivity contribution < 1.29 is 5.11 Å². The molecule has 0 saturated heterocycles. The van der Waals surface area contributed by atoms with Crippen molar-refractivity contribution in [2.24, 2.45) is 0 Å². The first-order chi connectivity index (χ1) is 6.70. The van der Waals surface area contributed by atoms with Crippen LogP contribution in [0.3, 0.4) is 0 Å². The summed E-state index contributed by atoms with van der Waals surface area (Å²) in [6, 6.07) is 10.2. The van der Waals surface area contributed by atoms with E-state index in [0.29, 0.717) is 0 Å². The van der Waals surface area contributed by atoms with Crippen LogP contribution in [0.4, 0.5) is 0 Å². The van der Waals surface area contributed by atoms with Crippen LogP contribution in [-0.4, -0.2) is 10.7 Å². The van der Waals surface area contributed by atoms with Gasteiger partial charge in [-0.1, -0.05) is 44.2 Å². The Bertz CT molecular complexity index is 249. The van der Waals surface area contributed by atoms with Crippen LogP contribution in [-0.2, 0) is 6.42 Å². The summed E-state index contributed by atoms with van der Waals surface area (Å²) in [6.07, 6.45) is 4.44. The first kappa shape index (κ1) is 11.3. The van der Waals surface area contributed by atoms with Gasteiger partial charge < -0.3 is 5.11 Å². The van der Waals surface area contributed by atoms with E-state index in [4.69, 9.17) is 0 Å². The maximum Gasteiger partial charge on any atom is 0.0677 e. The number of hydrogen-bond donors (Lipinski definition) is 1. The van der Waals surface area contributed by atoms with E-state index in [0.717, 1.165) is 19.3 Å². The Morgan fingerprint density at radius 1 is 1.14 bits per heavy atom. The molecule has 77 valence electrons. The molecule has 1 radical (unpaired) electrons. The normalized spacial score (nSPS) is 11.6. The van der Waals surface area contributed by atoms with E-state index in [-0.39, 0.29) is 0 Å². The first-order valence-electron chi connectivity index (χ1n) is 5.31. The molecule has 0 unspecified atom stereocenters. The smallest absolute Gasteiger partial charge is 0.0677 e. The van der Waals surface area contributed by atoms with Gasteiger partial charge in [-0.15, -0.1) is 0 Å². The molecule has 0 fully saturated rings. The van der Waals surface area contributed by atoms with Gasteiger partial charge in [0.05, 0.1) is 5.60 Å². The lowest BCUT2D eigenvalue weighted by molar-refractivity contribution is 0.0636. The summed E-state index contributed by atoms with van der Waals surface area (Å²) < 4.78 is 0. The van der Waals surface area contributed by atoms with E-state index in [1.165, 1.54) is 5.56 Å². The van der Waals surface area contributed by atoms with E-state index in [1.54, 1.807) is 0 Å². The molecule has 1 nitrogen and oxygen atoms in total. The Balaban J connectivity index is 2.48. The Morgan fingerprint density at radius 3 is 2.21 bits per heavy atom. The Morgan fingerprint density at radius 2 is 1.71 bits per heavy atom. The third kappa shape index (κ3) is 3.15. The maximum atomic E-state index is 10.0. The van der Waals surface area contributed by atoms with Crippen molar-refractivity contribution in [2.45, 2.75) is 38.7 Å². The van der Waals surface area contributed by atoms with Crippen molar-refractivity contribution >= 4 is 0 Å². The summed E-state index contributed by atoms with van der Waals surface area (Å²) in [5.41, 5.74) is 0.670. The van der Waals surface area contributed by atoms with Gasteiger partial charge >= 0.3 is 0 Å². The molecule has 1 aromatic rings. The van der Waals surface area contributed by atoms with Crippen LogP contribution < -0.4 is 0 Å². The monoisotopic (exact) mass is 191 g/mol. The van der Waals surface area contributed by atoms with Crippen molar-refractivity contribution in [3.05, 3.63) is 42.3 Å². The van der Waals surface area contributed by atoms with Gasteiger partial charge in [-0.05, 0) is 31.2 Å². The fourth-order valence-electron chi connectivity index (χ4n) is 1.46. The summed E-state index contributed by atoms with van der Waals surface area (Å²) in [6.45, 7) is 4.04. The molecule has 14 heavy (non-hydrogen) atoms. The number of aliphatic hydroxyl groups is 1. The fraction of sp³-hybridized carbons (Fsp3) is 0.462. The standard InChI is InChI=1S/C13H19O/c1-3-13(14,4-2)11-10-12-8-6-5-7-9-12/h5-9,11,14H,3-4,10H2,1-2H3. The minimum absolute atomic E-state index is 0.587. The van der Waals surface area contributed by atoms with Gasteiger partial charge in [0.15, 0.2) is 0 Å². The van der Waals surface area contributed by atoms with Gasteiger partial charge in [-0.25, -0.2) is 0 Å². The zero-order valence-electron chi connectivity index (χ0n) is 9.03. The Hall–Kier alpha value is -0.820. The molecule has 1 N–H and O–H groups in total. The summed E-state index contributed by atoms with van der Waals surface area (Å²) in [5.74, 6) is 0. The van der Waals surface area contributed by atoms with Crippen LogP contribution in [0.5, 0.6) is 0 Å². The summed E-state index contributed by atoms with van der Waals surface area (Å²) >= 11 is 0. The molecule has 1 heteroatoms. The molecular formula is C13H19O. The van der Waals surface area contributed by atoms with Crippen molar-refractivity contribution in [1.82, 2.24) is 0 Å². The molecule has 0 aromatic heterocycles. The minimum Gasteiger partial charge on any atom is -0.390 e. The van der Waals surface area contributed by atoms with Gasteiger partial charge in [0, 0.05) is 0 Å². The predicted octanol–water partition coefficient (Wildman–Crippen LogP) is 2.98. The highest BCUT2D eigenvalue weighted by molar-refractivity contribution is 5.17. The first-order valence-corrected chi connectivity index (χ1v) is 5.31. The van der Waals surface area contributed by atoms with Crippen molar-refractivity contribution in [2.75, 3.05) is 0 Å². The molecule has 0 bridgehead atoms. The number of rotatable bonds is 5. The second kappa shape index (κ2) is 5.16. The van der Waals surface area contributed by atoms with Gasteiger partial charge in [0.2, 0.25) is 0 Å². The lowest BCUT2D eigenvalue weighted by atomic mass is 9.90. The molecule has 1 aromatic carbocycles. The SMILES string of the molecule is CCC(O)([CH]Cc1ccccc1)CC. The average Bonchev–Trinajstić information content (AvgIpc) is 2.27. The maximum absolute atomic E-state index is 10.0. The zero-order valence-corrected chi connectivity index (χ0v) is 9.03. The number of hydrogen-bond acceptors (Lipinski definition) is 1. The predicted molar refractivity (Wildman–Crippen MR) is 60.0 cm³/mol. The molecule has 0 saturated carbocycles. The van der Waals surface area contributed by atoms with Crippen LogP contribution in [0.15, 0.2) is 30.3 Å². The largest absolute Gasteiger partial charge is 0.390 e. The van der Waals surface area contributed by atoms with Gasteiger partial charge in [-0.3, -0.25) is 0 Å². The minimum atomic E-state index is -0.587. The zero-order chi connectivity index (χ0) is 10.4. The number of benzene rings is 1. The second-order valence-electron chi connectivity index (χ2n) is 3.70. The van der Waals surface area contributed by atoms with E-state index in [1.807, 2.05) is 38.5 Å². The fourth-order valence-corrected chi connectivity index (χ4v) is 1.46. The highest BCUT2D eigenvalue weighted by Gasteiger charge is 2.21. The van der Waals surface area contributed by atoms with Crippen molar-refractivity contribution in [3.63, 3.8) is 0 Å². The molecule has 0 spiro atoms. The summed E-state index contributed by atoms with van der Waals surface area (Å²) in [4.78, 5) is 0. The molecular weight excluding hydrogens is 172 g/mol. The summed E-state index contributed by atoms with van der Waals surface area (Å²) in [5, 5.41) is 10.0. The highest BCUT2D eigenvalue weighted by Crippen LogP contribution is 2.20. The topological polar surface area (TPSA) is 20.2 Å². The highest BCUT2D eigenvalue weighted by atomic mass is 16.3. The van der Waals surface area contributed by atoms with Crippen LogP contribution in [0.25, 0.3) is 0 Å². The van der Waals surface area contributed by atoms with E-state index in [9.17, 15) is 5.11 Å². The molecule has 0 aliphatic carbocycles. The van der Waals surface area contributed by atoms with Gasteiger partial charge in [0.25, 0.3) is 0 Å². The summed E-state index contributed by atoms with van der Waals surface area (Å²) in [7, 11) is 0. The van der Waals surface area contributed by atoms with Crippen LogP contribution in [0.1, 0.15) is 32.3 Å². The molecule has 0 aliphatic rings. The third-order valence-electron chi connectivity index (χ3n) is 2.79. The van der Waals surface area contributed by atoms with Crippen LogP contribution >= 0.6 is 0 Å². The van der Waals surface area contributed by atoms with Crippen LogP contribution in [0, 0.1) is 6.42 Å².